The Hall–Kier alpha value is -1.71. The van der Waals surface area contributed by atoms with E-state index >= 15 is 0 Å². The van der Waals surface area contributed by atoms with Crippen LogP contribution in [0.5, 0.6) is 0 Å². The molecular formula is C10H9NO3. The van der Waals surface area contributed by atoms with Crippen molar-refractivity contribution >= 4 is 11.9 Å². The topological polar surface area (TPSA) is 56.3 Å². The molecule has 14 heavy (non-hydrogen) atoms. The van der Waals surface area contributed by atoms with Crippen molar-refractivity contribution in [3.8, 4) is 0 Å². The quantitative estimate of drug-likeness (QED) is 0.491. The van der Waals surface area contributed by atoms with E-state index in [0.717, 1.165) is 5.56 Å². The molecule has 0 aliphatic carbocycles. The number of cyclic esters (lactones) is 2. The average Bonchev–Trinajstić information content (AvgIpc) is 2.19. The molecule has 4 nitrogen and oxygen atoms in total. The summed E-state index contributed by atoms with van der Waals surface area (Å²) in [6, 6.07) is 3.53. The summed E-state index contributed by atoms with van der Waals surface area (Å²) in [6.45, 7) is 0. The summed E-state index contributed by atoms with van der Waals surface area (Å²) in [7, 11) is 0. The van der Waals surface area contributed by atoms with Gasteiger partial charge in [0.15, 0.2) is 0 Å². The molecule has 1 aromatic rings. The second kappa shape index (κ2) is 3.57. The number of rotatable bonds is 1. The number of aromatic nitrogens is 1. The highest BCUT2D eigenvalue weighted by Crippen LogP contribution is 2.26. The van der Waals surface area contributed by atoms with Gasteiger partial charge in [-0.1, -0.05) is 0 Å². The van der Waals surface area contributed by atoms with Crippen LogP contribution in [0.25, 0.3) is 0 Å². The van der Waals surface area contributed by atoms with E-state index in [2.05, 4.69) is 9.72 Å². The number of carbonyl (C=O) groups excluding carboxylic acids is 2. The van der Waals surface area contributed by atoms with Gasteiger partial charge in [0, 0.05) is 18.8 Å². The molecule has 0 spiro atoms. The summed E-state index contributed by atoms with van der Waals surface area (Å²) < 4.78 is 4.55. The van der Waals surface area contributed by atoms with E-state index in [9.17, 15) is 9.59 Å². The molecule has 1 fully saturated rings. The van der Waals surface area contributed by atoms with Crippen LogP contribution in [0, 0.1) is 0 Å². The molecule has 4 heteroatoms. The zero-order chi connectivity index (χ0) is 9.97. The summed E-state index contributed by atoms with van der Waals surface area (Å²) in [6.07, 6.45) is 4.08. The zero-order valence-electron chi connectivity index (χ0n) is 7.47. The smallest absolute Gasteiger partial charge is 0.321 e. The van der Waals surface area contributed by atoms with Crippen molar-refractivity contribution in [2.45, 2.75) is 18.8 Å². The van der Waals surface area contributed by atoms with Gasteiger partial charge in [-0.15, -0.1) is 0 Å². The minimum absolute atomic E-state index is 0.304. The van der Waals surface area contributed by atoms with E-state index in [-0.39, 0.29) is 5.92 Å². The first-order valence-corrected chi connectivity index (χ1v) is 4.42. The van der Waals surface area contributed by atoms with Crippen LogP contribution in [0.1, 0.15) is 24.3 Å². The first-order valence-electron chi connectivity index (χ1n) is 4.42. The average molecular weight is 191 g/mol. The lowest BCUT2D eigenvalue weighted by molar-refractivity contribution is -0.164. The molecule has 1 saturated heterocycles. The molecule has 1 unspecified atom stereocenters. The van der Waals surface area contributed by atoms with Crippen molar-refractivity contribution in [1.29, 1.82) is 0 Å². The highest BCUT2D eigenvalue weighted by Gasteiger charge is 2.29. The summed E-state index contributed by atoms with van der Waals surface area (Å²) >= 11 is 0. The van der Waals surface area contributed by atoms with Crippen molar-refractivity contribution in [2.75, 3.05) is 0 Å². The summed E-state index contributed by atoms with van der Waals surface area (Å²) in [5, 5.41) is 0. The molecule has 0 aromatic carbocycles. The maximum Gasteiger partial charge on any atom is 0.321 e. The first-order chi connectivity index (χ1) is 6.77. The van der Waals surface area contributed by atoms with Crippen molar-refractivity contribution in [3.63, 3.8) is 0 Å². The first kappa shape index (κ1) is 8.87. The largest absolute Gasteiger partial charge is 0.393 e. The van der Waals surface area contributed by atoms with E-state index in [0.29, 0.717) is 12.8 Å². The van der Waals surface area contributed by atoms with Gasteiger partial charge in [0.05, 0.1) is 5.92 Å². The molecule has 2 heterocycles. The molecule has 1 aliphatic rings. The van der Waals surface area contributed by atoms with Crippen LogP contribution in [0.4, 0.5) is 0 Å². The van der Waals surface area contributed by atoms with Crippen LogP contribution in [-0.4, -0.2) is 16.9 Å². The lowest BCUT2D eigenvalue weighted by atomic mass is 9.94. The van der Waals surface area contributed by atoms with Crippen molar-refractivity contribution < 1.29 is 14.3 Å². The summed E-state index contributed by atoms with van der Waals surface area (Å²) in [5.41, 5.74) is 0.859. The number of ether oxygens (including phenoxy) is 1. The molecule has 2 rings (SSSR count). The lowest BCUT2D eigenvalue weighted by Gasteiger charge is -2.19. The maximum atomic E-state index is 11.3. The van der Waals surface area contributed by atoms with Crippen molar-refractivity contribution in [1.82, 2.24) is 4.98 Å². The Labute approximate surface area is 80.9 Å². The van der Waals surface area contributed by atoms with E-state index < -0.39 is 11.9 Å². The highest BCUT2D eigenvalue weighted by molar-refractivity contribution is 5.92. The van der Waals surface area contributed by atoms with Gasteiger partial charge >= 0.3 is 11.9 Å². The summed E-state index contributed by atoms with van der Waals surface area (Å²) in [4.78, 5) is 26.0. The molecule has 1 aromatic heterocycles. The third-order valence-electron chi connectivity index (χ3n) is 2.24. The third-order valence-corrected chi connectivity index (χ3v) is 2.24. The molecule has 0 radical (unpaired) electrons. The van der Waals surface area contributed by atoms with E-state index in [4.69, 9.17) is 0 Å². The van der Waals surface area contributed by atoms with E-state index in [1.54, 1.807) is 24.5 Å². The molecule has 0 saturated carbocycles. The van der Waals surface area contributed by atoms with Gasteiger partial charge in [0.2, 0.25) is 0 Å². The minimum atomic E-state index is -0.451. The van der Waals surface area contributed by atoms with Crippen LogP contribution in [0.15, 0.2) is 24.5 Å². The second-order valence-corrected chi connectivity index (χ2v) is 3.16. The van der Waals surface area contributed by atoms with Gasteiger partial charge in [-0.2, -0.15) is 0 Å². The Morgan fingerprint density at radius 3 is 2.64 bits per heavy atom. The Morgan fingerprint density at radius 2 is 2.00 bits per heavy atom. The Balaban J connectivity index is 2.20. The van der Waals surface area contributed by atoms with Gasteiger partial charge < -0.3 is 4.74 Å². The fraction of sp³-hybridized carbons (Fsp3) is 0.300. The van der Waals surface area contributed by atoms with Gasteiger partial charge in [-0.05, 0) is 24.1 Å². The number of nitrogens with zero attached hydrogens (tertiary/aromatic N) is 1. The monoisotopic (exact) mass is 191 g/mol. The predicted molar refractivity (Wildman–Crippen MR) is 47.3 cm³/mol. The minimum Gasteiger partial charge on any atom is -0.393 e. The van der Waals surface area contributed by atoms with Gasteiger partial charge in [0.1, 0.15) is 0 Å². The van der Waals surface area contributed by atoms with Crippen LogP contribution >= 0.6 is 0 Å². The van der Waals surface area contributed by atoms with Gasteiger partial charge in [-0.25, -0.2) is 0 Å². The van der Waals surface area contributed by atoms with Crippen LogP contribution in [-0.2, 0) is 14.3 Å². The molecule has 0 amide bonds. The molecule has 0 N–H and O–H groups in total. The maximum absolute atomic E-state index is 11.3. The number of hydrogen-bond acceptors (Lipinski definition) is 4. The number of hydrogen-bond donors (Lipinski definition) is 0. The van der Waals surface area contributed by atoms with Crippen molar-refractivity contribution in [2.24, 2.45) is 0 Å². The fourth-order valence-corrected chi connectivity index (χ4v) is 1.51. The molecular weight excluding hydrogens is 182 g/mol. The molecule has 72 valence electrons. The normalized spacial score (nSPS) is 21.9. The van der Waals surface area contributed by atoms with E-state index in [1.807, 2.05) is 0 Å². The third kappa shape index (κ3) is 1.64. The van der Waals surface area contributed by atoms with Gasteiger partial charge in [-0.3, -0.25) is 14.6 Å². The Morgan fingerprint density at radius 1 is 1.29 bits per heavy atom. The van der Waals surface area contributed by atoms with Crippen LogP contribution in [0.3, 0.4) is 0 Å². The Bertz CT molecular complexity index is 361. The SMILES string of the molecule is O=C1CCC(c2ccncc2)C(=O)O1. The molecule has 1 atom stereocenters. The van der Waals surface area contributed by atoms with Crippen LogP contribution in [0.2, 0.25) is 0 Å². The zero-order valence-corrected chi connectivity index (χ0v) is 7.47. The Kier molecular flexibility index (Phi) is 2.26. The lowest BCUT2D eigenvalue weighted by Crippen LogP contribution is -2.26. The van der Waals surface area contributed by atoms with Gasteiger partial charge in [0.25, 0.3) is 0 Å². The standard InChI is InChI=1S/C10H9NO3/c12-9-2-1-8(10(13)14-9)7-3-5-11-6-4-7/h3-6,8H,1-2H2. The predicted octanol–water partition coefficient (Wildman–Crippen LogP) is 1.03. The number of esters is 2. The van der Waals surface area contributed by atoms with Crippen molar-refractivity contribution in [3.05, 3.63) is 30.1 Å². The van der Waals surface area contributed by atoms with E-state index in [1.165, 1.54) is 0 Å². The molecule has 1 aliphatic heterocycles. The highest BCUT2D eigenvalue weighted by atomic mass is 16.6. The molecule has 0 bridgehead atoms. The fourth-order valence-electron chi connectivity index (χ4n) is 1.51. The number of pyridine rings is 1. The summed E-state index contributed by atoms with van der Waals surface area (Å²) in [5.74, 6) is -1.19. The second-order valence-electron chi connectivity index (χ2n) is 3.16. The van der Waals surface area contributed by atoms with Crippen LogP contribution < -0.4 is 0 Å². The number of carbonyl (C=O) groups is 2.